The summed E-state index contributed by atoms with van der Waals surface area (Å²) in [5.74, 6) is -0.359. The van der Waals surface area contributed by atoms with Gasteiger partial charge >= 0.3 is 0 Å². The molecular formula is C22H28N2O5S2. The van der Waals surface area contributed by atoms with Gasteiger partial charge in [0.15, 0.2) is 9.84 Å². The molecule has 1 aliphatic heterocycles. The maximum atomic E-state index is 12.8. The number of rotatable bonds is 7. The lowest BCUT2D eigenvalue weighted by molar-refractivity contribution is -0.126. The monoisotopic (exact) mass is 464 g/mol. The largest absolute Gasteiger partial charge is 0.349 e. The van der Waals surface area contributed by atoms with Crippen molar-refractivity contribution in [3.8, 4) is 0 Å². The second kappa shape index (κ2) is 9.50. The number of nitrogens with one attached hydrogen (secondary N) is 1. The minimum absolute atomic E-state index is 0.101. The fourth-order valence-corrected chi connectivity index (χ4v) is 5.88. The van der Waals surface area contributed by atoms with E-state index in [4.69, 9.17) is 0 Å². The average molecular weight is 465 g/mol. The zero-order chi connectivity index (χ0) is 22.6. The van der Waals surface area contributed by atoms with Crippen molar-refractivity contribution in [2.75, 3.05) is 19.3 Å². The molecule has 9 heteroatoms. The third kappa shape index (κ3) is 5.53. The molecule has 168 valence electrons. The second-order valence-corrected chi connectivity index (χ2v) is 11.8. The zero-order valence-electron chi connectivity index (χ0n) is 17.7. The first-order chi connectivity index (χ1) is 14.6. The zero-order valence-corrected chi connectivity index (χ0v) is 19.3. The minimum atomic E-state index is -3.55. The van der Waals surface area contributed by atoms with Crippen LogP contribution in [0.25, 0.3) is 0 Å². The van der Waals surface area contributed by atoms with Crippen molar-refractivity contribution in [1.29, 1.82) is 0 Å². The molecule has 0 aliphatic carbocycles. The Kier molecular flexibility index (Phi) is 7.18. The van der Waals surface area contributed by atoms with Gasteiger partial charge in [0.05, 0.1) is 15.8 Å². The third-order valence-corrected chi connectivity index (χ3v) is 8.68. The summed E-state index contributed by atoms with van der Waals surface area (Å²) in [5.41, 5.74) is 0.840. The molecule has 3 rings (SSSR count). The van der Waals surface area contributed by atoms with Crippen LogP contribution >= 0.6 is 0 Å². The number of sulfonamides is 1. The first-order valence-corrected chi connectivity index (χ1v) is 13.6. The summed E-state index contributed by atoms with van der Waals surface area (Å²) >= 11 is 0. The summed E-state index contributed by atoms with van der Waals surface area (Å²) in [6, 6.07) is 14.6. The standard InChI is InChI=1S/C22H28N2O5S2/c1-3-21(17-9-11-19(12-10-17)30(2,26)27)23-22(25)18-13-15-24(16-14-18)31(28,29)20-7-5-4-6-8-20/h4-12,18,21H,3,13-16H2,1-2H3,(H,23,25)/t21-/m0/s1. The molecule has 7 nitrogen and oxygen atoms in total. The maximum Gasteiger partial charge on any atom is 0.243 e. The van der Waals surface area contributed by atoms with Crippen molar-refractivity contribution < 1.29 is 21.6 Å². The molecule has 2 aromatic carbocycles. The Morgan fingerprint density at radius 2 is 1.55 bits per heavy atom. The molecule has 1 N–H and O–H groups in total. The summed E-state index contributed by atoms with van der Waals surface area (Å²) < 4.78 is 50.2. The van der Waals surface area contributed by atoms with E-state index in [1.54, 1.807) is 54.6 Å². The Hall–Kier alpha value is -2.23. The van der Waals surface area contributed by atoms with Crippen molar-refractivity contribution >= 4 is 25.8 Å². The van der Waals surface area contributed by atoms with Gasteiger partial charge < -0.3 is 5.32 Å². The maximum absolute atomic E-state index is 12.8. The topological polar surface area (TPSA) is 101 Å². The van der Waals surface area contributed by atoms with Gasteiger partial charge in [0.2, 0.25) is 15.9 Å². The Labute approximate surface area is 184 Å². The summed E-state index contributed by atoms with van der Waals surface area (Å²) in [6.07, 6.45) is 2.74. The molecule has 0 bridgehead atoms. The molecule has 2 aromatic rings. The van der Waals surface area contributed by atoms with E-state index in [1.807, 2.05) is 6.92 Å². The van der Waals surface area contributed by atoms with Crippen molar-refractivity contribution in [2.45, 2.75) is 42.0 Å². The van der Waals surface area contributed by atoms with Gasteiger partial charge in [0.25, 0.3) is 0 Å². The number of carbonyl (C=O) groups is 1. The van der Waals surface area contributed by atoms with E-state index in [-0.39, 0.29) is 27.7 Å². The molecule has 1 aliphatic rings. The van der Waals surface area contributed by atoms with Crippen molar-refractivity contribution in [1.82, 2.24) is 9.62 Å². The van der Waals surface area contributed by atoms with Crippen LogP contribution in [0.1, 0.15) is 37.8 Å². The highest BCUT2D eigenvalue weighted by Crippen LogP contribution is 2.25. The van der Waals surface area contributed by atoms with E-state index >= 15 is 0 Å². The number of benzene rings is 2. The molecule has 1 atom stereocenters. The van der Waals surface area contributed by atoms with Crippen molar-refractivity contribution in [2.24, 2.45) is 5.92 Å². The van der Waals surface area contributed by atoms with Gasteiger partial charge in [-0.3, -0.25) is 4.79 Å². The second-order valence-electron chi connectivity index (χ2n) is 7.80. The molecule has 0 aromatic heterocycles. The quantitative estimate of drug-likeness (QED) is 0.679. The van der Waals surface area contributed by atoms with Crippen LogP contribution in [0, 0.1) is 5.92 Å². The lowest BCUT2D eigenvalue weighted by Crippen LogP contribution is -2.43. The van der Waals surface area contributed by atoms with Gasteiger partial charge in [-0.25, -0.2) is 16.8 Å². The van der Waals surface area contributed by atoms with E-state index in [1.165, 1.54) is 4.31 Å². The van der Waals surface area contributed by atoms with Gasteiger partial charge in [0, 0.05) is 25.3 Å². The van der Waals surface area contributed by atoms with E-state index in [2.05, 4.69) is 5.32 Å². The predicted octanol–water partition coefficient (Wildman–Crippen LogP) is 2.76. The van der Waals surface area contributed by atoms with E-state index in [0.717, 1.165) is 11.8 Å². The summed E-state index contributed by atoms with van der Waals surface area (Å²) in [6.45, 7) is 2.55. The van der Waals surface area contributed by atoms with Crippen LogP contribution in [0.5, 0.6) is 0 Å². The van der Waals surface area contributed by atoms with Gasteiger partial charge in [-0.1, -0.05) is 37.3 Å². The smallest absolute Gasteiger partial charge is 0.243 e. The fraction of sp³-hybridized carbons (Fsp3) is 0.409. The van der Waals surface area contributed by atoms with Gasteiger partial charge in [-0.2, -0.15) is 4.31 Å². The molecule has 1 fully saturated rings. The van der Waals surface area contributed by atoms with Crippen LogP contribution in [-0.2, 0) is 24.7 Å². The van der Waals surface area contributed by atoms with Crippen molar-refractivity contribution in [3.05, 3.63) is 60.2 Å². The molecule has 1 saturated heterocycles. The lowest BCUT2D eigenvalue weighted by Gasteiger charge is -2.31. The first-order valence-electron chi connectivity index (χ1n) is 10.3. The summed E-state index contributed by atoms with van der Waals surface area (Å²) in [7, 11) is -6.82. The van der Waals surface area contributed by atoms with Crippen LogP contribution < -0.4 is 5.32 Å². The first kappa shape index (κ1) is 23.4. The Morgan fingerprint density at radius 3 is 2.06 bits per heavy atom. The number of hydrogen-bond acceptors (Lipinski definition) is 5. The minimum Gasteiger partial charge on any atom is -0.349 e. The van der Waals surface area contributed by atoms with E-state index in [0.29, 0.717) is 32.4 Å². The summed E-state index contributed by atoms with van der Waals surface area (Å²) in [5, 5.41) is 3.04. The number of sulfone groups is 1. The number of piperidine rings is 1. The van der Waals surface area contributed by atoms with E-state index in [9.17, 15) is 21.6 Å². The van der Waals surface area contributed by atoms with Crippen LogP contribution in [0.2, 0.25) is 0 Å². The highest BCUT2D eigenvalue weighted by Gasteiger charge is 2.32. The van der Waals surface area contributed by atoms with Crippen LogP contribution in [0.15, 0.2) is 64.4 Å². The molecule has 31 heavy (non-hydrogen) atoms. The summed E-state index contributed by atoms with van der Waals surface area (Å²) in [4.78, 5) is 13.3. The van der Waals surface area contributed by atoms with Crippen molar-refractivity contribution in [3.63, 3.8) is 0 Å². The highest BCUT2D eigenvalue weighted by atomic mass is 32.2. The molecule has 0 unspecified atom stereocenters. The molecule has 0 saturated carbocycles. The van der Waals surface area contributed by atoms with Gasteiger partial charge in [-0.05, 0) is 49.1 Å². The number of nitrogens with zero attached hydrogens (tertiary/aromatic N) is 1. The fourth-order valence-electron chi connectivity index (χ4n) is 3.76. The molecule has 1 heterocycles. The Bertz CT molecular complexity index is 1110. The number of amides is 1. The normalized spacial score (nSPS) is 17.2. The average Bonchev–Trinajstić information content (AvgIpc) is 2.77. The van der Waals surface area contributed by atoms with E-state index < -0.39 is 19.9 Å². The molecule has 1 amide bonds. The van der Waals surface area contributed by atoms with Gasteiger partial charge in [0.1, 0.15) is 0 Å². The van der Waals surface area contributed by atoms with Crippen LogP contribution in [-0.4, -0.2) is 46.4 Å². The molecule has 0 radical (unpaired) electrons. The Morgan fingerprint density at radius 1 is 0.968 bits per heavy atom. The Balaban J connectivity index is 1.61. The number of hydrogen-bond donors (Lipinski definition) is 1. The van der Waals surface area contributed by atoms with Crippen LogP contribution in [0.3, 0.4) is 0 Å². The third-order valence-electron chi connectivity index (χ3n) is 5.64. The van der Waals surface area contributed by atoms with Gasteiger partial charge in [-0.15, -0.1) is 0 Å². The molecular weight excluding hydrogens is 436 g/mol. The predicted molar refractivity (Wildman–Crippen MR) is 119 cm³/mol. The van der Waals surface area contributed by atoms with Crippen LogP contribution in [0.4, 0.5) is 0 Å². The molecule has 0 spiro atoms. The SMILES string of the molecule is CC[C@H](NC(=O)C1CCN(S(=O)(=O)c2ccccc2)CC1)c1ccc(S(C)(=O)=O)cc1. The lowest BCUT2D eigenvalue weighted by atomic mass is 9.96. The number of carbonyl (C=O) groups excluding carboxylic acids is 1. The highest BCUT2D eigenvalue weighted by molar-refractivity contribution is 7.90.